The van der Waals surface area contributed by atoms with Crippen LogP contribution in [0, 0.1) is 6.92 Å². The van der Waals surface area contributed by atoms with Crippen LogP contribution in [0.3, 0.4) is 0 Å². The number of anilines is 1. The Hall–Kier alpha value is -1.16. The van der Waals surface area contributed by atoms with Gasteiger partial charge in [0.2, 0.25) is 5.95 Å². The molecule has 1 aromatic heterocycles. The van der Waals surface area contributed by atoms with Gasteiger partial charge in [-0.1, -0.05) is 19.8 Å². The molecule has 0 fully saturated rings. The molecule has 16 heavy (non-hydrogen) atoms. The number of aryl methyl sites for hydroxylation is 1. The second kappa shape index (κ2) is 6.43. The summed E-state index contributed by atoms with van der Waals surface area (Å²) in [6.45, 7) is 5.70. The van der Waals surface area contributed by atoms with Gasteiger partial charge in [0, 0.05) is 37.6 Å². The van der Waals surface area contributed by atoms with Crippen LogP contribution in [0.15, 0.2) is 6.20 Å². The summed E-state index contributed by atoms with van der Waals surface area (Å²) in [6, 6.07) is 0. The predicted molar refractivity (Wildman–Crippen MR) is 67.5 cm³/mol. The highest BCUT2D eigenvalue weighted by molar-refractivity contribution is 5.31. The summed E-state index contributed by atoms with van der Waals surface area (Å²) in [5.41, 5.74) is 7.58. The molecule has 0 radical (unpaired) electrons. The van der Waals surface area contributed by atoms with Crippen LogP contribution >= 0.6 is 0 Å². The van der Waals surface area contributed by atoms with Crippen molar-refractivity contribution in [3.05, 3.63) is 17.5 Å². The Kier molecular flexibility index (Phi) is 5.19. The number of aromatic nitrogens is 2. The van der Waals surface area contributed by atoms with Crippen molar-refractivity contribution in [3.8, 4) is 0 Å². The van der Waals surface area contributed by atoms with E-state index >= 15 is 0 Å². The molecule has 0 aliphatic carbocycles. The van der Waals surface area contributed by atoms with E-state index in [4.69, 9.17) is 5.73 Å². The van der Waals surface area contributed by atoms with Gasteiger partial charge in [0.15, 0.2) is 0 Å². The molecule has 90 valence electrons. The molecule has 0 bridgehead atoms. The molecule has 1 rings (SSSR count). The SMILES string of the molecule is CCCCCN(C)c1ncc(CN)c(C)n1. The summed E-state index contributed by atoms with van der Waals surface area (Å²) in [5, 5.41) is 0. The van der Waals surface area contributed by atoms with E-state index in [1.54, 1.807) is 0 Å². The molecule has 1 heterocycles. The lowest BCUT2D eigenvalue weighted by atomic mass is 10.2. The number of nitrogens with zero attached hydrogens (tertiary/aromatic N) is 3. The predicted octanol–water partition coefficient (Wildman–Crippen LogP) is 1.87. The Labute approximate surface area is 97.9 Å². The van der Waals surface area contributed by atoms with Crippen LogP contribution in [0.5, 0.6) is 0 Å². The van der Waals surface area contributed by atoms with E-state index in [9.17, 15) is 0 Å². The van der Waals surface area contributed by atoms with Crippen LogP contribution in [-0.2, 0) is 6.54 Å². The summed E-state index contributed by atoms with van der Waals surface area (Å²) in [4.78, 5) is 10.9. The summed E-state index contributed by atoms with van der Waals surface area (Å²) < 4.78 is 0. The molecule has 4 nitrogen and oxygen atoms in total. The third-order valence-corrected chi connectivity index (χ3v) is 2.73. The van der Waals surface area contributed by atoms with Crippen LogP contribution in [0.1, 0.15) is 37.4 Å². The molecule has 0 aliphatic heterocycles. The van der Waals surface area contributed by atoms with Crippen molar-refractivity contribution < 1.29 is 0 Å². The van der Waals surface area contributed by atoms with Gasteiger partial charge in [-0.15, -0.1) is 0 Å². The normalized spacial score (nSPS) is 10.5. The van der Waals surface area contributed by atoms with E-state index in [0.29, 0.717) is 6.54 Å². The van der Waals surface area contributed by atoms with E-state index < -0.39 is 0 Å². The fourth-order valence-electron chi connectivity index (χ4n) is 1.56. The Balaban J connectivity index is 2.62. The van der Waals surface area contributed by atoms with Crippen LogP contribution in [0.25, 0.3) is 0 Å². The molecular weight excluding hydrogens is 200 g/mol. The molecule has 1 aromatic rings. The summed E-state index contributed by atoms with van der Waals surface area (Å²) in [6.07, 6.45) is 5.51. The minimum Gasteiger partial charge on any atom is -0.344 e. The molecule has 0 atom stereocenters. The van der Waals surface area contributed by atoms with E-state index in [0.717, 1.165) is 23.8 Å². The molecule has 0 aromatic carbocycles. The monoisotopic (exact) mass is 222 g/mol. The van der Waals surface area contributed by atoms with E-state index in [1.165, 1.54) is 19.3 Å². The van der Waals surface area contributed by atoms with Crippen molar-refractivity contribution in [2.75, 3.05) is 18.5 Å². The van der Waals surface area contributed by atoms with Gasteiger partial charge in [-0.3, -0.25) is 0 Å². The molecule has 0 spiro atoms. The maximum atomic E-state index is 5.58. The summed E-state index contributed by atoms with van der Waals surface area (Å²) >= 11 is 0. The Morgan fingerprint density at radius 1 is 1.38 bits per heavy atom. The van der Waals surface area contributed by atoms with E-state index in [-0.39, 0.29) is 0 Å². The standard InChI is InChI=1S/C12H22N4/c1-4-5-6-7-16(3)12-14-9-11(8-13)10(2)15-12/h9H,4-8,13H2,1-3H3. The van der Waals surface area contributed by atoms with Crippen LogP contribution in [0.4, 0.5) is 5.95 Å². The first kappa shape index (κ1) is 12.9. The Morgan fingerprint density at radius 3 is 2.69 bits per heavy atom. The summed E-state index contributed by atoms with van der Waals surface area (Å²) in [5.74, 6) is 0.797. The molecule has 0 saturated heterocycles. The van der Waals surface area contributed by atoms with E-state index in [1.807, 2.05) is 20.2 Å². The summed E-state index contributed by atoms with van der Waals surface area (Å²) in [7, 11) is 2.03. The Morgan fingerprint density at radius 2 is 2.12 bits per heavy atom. The molecule has 0 saturated carbocycles. The fraction of sp³-hybridized carbons (Fsp3) is 0.667. The smallest absolute Gasteiger partial charge is 0.225 e. The zero-order valence-corrected chi connectivity index (χ0v) is 10.5. The van der Waals surface area contributed by atoms with Crippen molar-refractivity contribution in [2.24, 2.45) is 5.73 Å². The van der Waals surface area contributed by atoms with Gasteiger partial charge in [0.1, 0.15) is 0 Å². The highest BCUT2D eigenvalue weighted by Gasteiger charge is 2.06. The van der Waals surface area contributed by atoms with Crippen molar-refractivity contribution in [2.45, 2.75) is 39.7 Å². The van der Waals surface area contributed by atoms with Gasteiger partial charge in [0.25, 0.3) is 0 Å². The zero-order chi connectivity index (χ0) is 12.0. The third-order valence-electron chi connectivity index (χ3n) is 2.73. The zero-order valence-electron chi connectivity index (χ0n) is 10.5. The van der Waals surface area contributed by atoms with Crippen LogP contribution < -0.4 is 10.6 Å². The van der Waals surface area contributed by atoms with Crippen LogP contribution in [-0.4, -0.2) is 23.6 Å². The number of hydrogen-bond acceptors (Lipinski definition) is 4. The molecule has 0 unspecified atom stereocenters. The van der Waals surface area contributed by atoms with Crippen molar-refractivity contribution in [3.63, 3.8) is 0 Å². The second-order valence-corrected chi connectivity index (χ2v) is 4.11. The fourth-order valence-corrected chi connectivity index (χ4v) is 1.56. The lowest BCUT2D eigenvalue weighted by Crippen LogP contribution is -2.21. The largest absolute Gasteiger partial charge is 0.344 e. The van der Waals surface area contributed by atoms with Gasteiger partial charge >= 0.3 is 0 Å². The molecule has 4 heteroatoms. The van der Waals surface area contributed by atoms with Gasteiger partial charge in [0.05, 0.1) is 0 Å². The lowest BCUT2D eigenvalue weighted by Gasteiger charge is -2.17. The highest BCUT2D eigenvalue weighted by atomic mass is 15.2. The maximum absolute atomic E-state index is 5.58. The third kappa shape index (κ3) is 3.45. The number of rotatable bonds is 6. The average molecular weight is 222 g/mol. The first-order valence-corrected chi connectivity index (χ1v) is 5.92. The molecule has 0 aliphatic rings. The Bertz CT molecular complexity index is 325. The van der Waals surface area contributed by atoms with Crippen molar-refractivity contribution >= 4 is 5.95 Å². The van der Waals surface area contributed by atoms with Crippen molar-refractivity contribution in [1.29, 1.82) is 0 Å². The average Bonchev–Trinajstić information content (AvgIpc) is 2.29. The van der Waals surface area contributed by atoms with Gasteiger partial charge in [-0.25, -0.2) is 9.97 Å². The number of unbranched alkanes of at least 4 members (excludes halogenated alkanes) is 2. The minimum atomic E-state index is 0.506. The minimum absolute atomic E-state index is 0.506. The lowest BCUT2D eigenvalue weighted by molar-refractivity contribution is 0.694. The number of nitrogens with two attached hydrogens (primary N) is 1. The van der Waals surface area contributed by atoms with E-state index in [2.05, 4.69) is 21.8 Å². The van der Waals surface area contributed by atoms with Gasteiger partial charge in [-0.05, 0) is 13.3 Å². The first-order chi connectivity index (χ1) is 7.69. The van der Waals surface area contributed by atoms with Crippen LogP contribution in [0.2, 0.25) is 0 Å². The maximum Gasteiger partial charge on any atom is 0.225 e. The molecular formula is C12H22N4. The quantitative estimate of drug-likeness (QED) is 0.747. The van der Waals surface area contributed by atoms with Crippen molar-refractivity contribution in [1.82, 2.24) is 9.97 Å². The first-order valence-electron chi connectivity index (χ1n) is 5.92. The van der Waals surface area contributed by atoms with Gasteiger partial charge < -0.3 is 10.6 Å². The van der Waals surface area contributed by atoms with Gasteiger partial charge in [-0.2, -0.15) is 0 Å². The number of hydrogen-bond donors (Lipinski definition) is 1. The molecule has 0 amide bonds. The highest BCUT2D eigenvalue weighted by Crippen LogP contribution is 2.10. The topological polar surface area (TPSA) is 55.0 Å². The molecule has 2 N–H and O–H groups in total. The second-order valence-electron chi connectivity index (χ2n) is 4.11.